The normalized spacial score (nSPS) is 19.2. The number of carboxylic acid groups (broad SMARTS) is 1. The molecule has 236 valence electrons. The minimum Gasteiger partial charge on any atom is -0.476 e. The van der Waals surface area contributed by atoms with Crippen molar-refractivity contribution in [2.24, 2.45) is 0 Å². The topological polar surface area (TPSA) is 153 Å². The van der Waals surface area contributed by atoms with E-state index in [0.29, 0.717) is 24.6 Å². The molecule has 2 fully saturated rings. The standard InChI is InChI=1S/C30H33F3N4O7/c1-29(2,3)19-10-17(22(39)14-37-12-16-6-7-20(15-4-5-15)35-23(16)25(37)34)11-21(36-9-8-18(38)13-36)24(19)43-27(26(40)41)44-28(42)30(31,32)33/h6-7,10-11,15,18,27,34,38H,4-5,8-9,12-14H2,1-3H3,(H,40,41). The van der Waals surface area contributed by atoms with E-state index in [2.05, 4.69) is 9.72 Å². The molecule has 14 heteroatoms. The molecular weight excluding hydrogens is 585 g/mol. The van der Waals surface area contributed by atoms with Crippen molar-refractivity contribution in [1.82, 2.24) is 9.88 Å². The van der Waals surface area contributed by atoms with Gasteiger partial charge >= 0.3 is 24.4 Å². The third-order valence-electron chi connectivity index (χ3n) is 7.81. The molecule has 3 aliphatic rings. The average molecular weight is 619 g/mol. The number of pyridine rings is 1. The molecule has 1 aliphatic carbocycles. The molecule has 0 spiro atoms. The number of alkyl halides is 3. The number of benzene rings is 1. The predicted octanol–water partition coefficient (Wildman–Crippen LogP) is 3.75. The molecule has 1 saturated carbocycles. The van der Waals surface area contributed by atoms with E-state index in [0.717, 1.165) is 24.1 Å². The van der Waals surface area contributed by atoms with Crippen LogP contribution in [-0.2, 0) is 26.3 Å². The van der Waals surface area contributed by atoms with E-state index in [1.54, 1.807) is 30.6 Å². The summed E-state index contributed by atoms with van der Waals surface area (Å²) in [5.41, 5.74) is 2.09. The van der Waals surface area contributed by atoms with Gasteiger partial charge in [-0.1, -0.05) is 26.8 Å². The van der Waals surface area contributed by atoms with Crippen molar-refractivity contribution in [1.29, 1.82) is 5.41 Å². The first kappa shape index (κ1) is 31.2. The van der Waals surface area contributed by atoms with Crippen LogP contribution in [0.25, 0.3) is 0 Å². The highest BCUT2D eigenvalue weighted by Crippen LogP contribution is 2.43. The average Bonchev–Trinajstić information content (AvgIpc) is 3.63. The summed E-state index contributed by atoms with van der Waals surface area (Å²) in [7, 11) is 0. The summed E-state index contributed by atoms with van der Waals surface area (Å²) in [6, 6.07) is 6.77. The molecule has 5 rings (SSSR count). The number of carboxylic acids is 1. The highest BCUT2D eigenvalue weighted by molar-refractivity contribution is 6.05. The van der Waals surface area contributed by atoms with E-state index in [9.17, 15) is 37.8 Å². The number of nitrogens with one attached hydrogen (secondary N) is 1. The van der Waals surface area contributed by atoms with E-state index in [-0.39, 0.29) is 53.8 Å². The first-order valence-electron chi connectivity index (χ1n) is 14.2. The van der Waals surface area contributed by atoms with Crippen LogP contribution in [-0.4, -0.2) is 81.9 Å². The Balaban J connectivity index is 1.49. The monoisotopic (exact) mass is 618 g/mol. The van der Waals surface area contributed by atoms with E-state index in [4.69, 9.17) is 10.1 Å². The van der Waals surface area contributed by atoms with Crippen LogP contribution in [0, 0.1) is 5.41 Å². The summed E-state index contributed by atoms with van der Waals surface area (Å²) in [6.07, 6.45) is -6.39. The van der Waals surface area contributed by atoms with E-state index in [1.165, 1.54) is 12.1 Å². The molecule has 3 heterocycles. The molecule has 0 radical (unpaired) electrons. The molecule has 1 aromatic carbocycles. The van der Waals surface area contributed by atoms with Gasteiger partial charge in [0.05, 0.1) is 18.3 Å². The Hall–Kier alpha value is -4.20. The van der Waals surface area contributed by atoms with Crippen molar-refractivity contribution < 1.29 is 47.2 Å². The Morgan fingerprint density at radius 2 is 1.84 bits per heavy atom. The highest BCUT2D eigenvalue weighted by Gasteiger charge is 2.45. The number of halogens is 3. The van der Waals surface area contributed by atoms with Crippen LogP contribution in [0.4, 0.5) is 18.9 Å². The first-order valence-corrected chi connectivity index (χ1v) is 14.2. The molecule has 3 N–H and O–H groups in total. The number of ether oxygens (including phenoxy) is 2. The van der Waals surface area contributed by atoms with Gasteiger partial charge in [-0.3, -0.25) is 10.2 Å². The third kappa shape index (κ3) is 6.49. The number of Topliss-reactive ketones (excluding diaryl/α,β-unsaturated/α-hetero) is 1. The number of carbonyl (C=O) groups is 3. The molecule has 11 nitrogen and oxygen atoms in total. The first-order chi connectivity index (χ1) is 20.5. The Bertz CT molecular complexity index is 1520. The smallest absolute Gasteiger partial charge is 0.476 e. The van der Waals surface area contributed by atoms with Crippen molar-refractivity contribution >= 4 is 29.2 Å². The zero-order valence-electron chi connectivity index (χ0n) is 24.4. The molecule has 44 heavy (non-hydrogen) atoms. The van der Waals surface area contributed by atoms with Crippen LogP contribution >= 0.6 is 0 Å². The van der Waals surface area contributed by atoms with Crippen molar-refractivity contribution in [3.05, 3.63) is 52.3 Å². The lowest BCUT2D eigenvalue weighted by Gasteiger charge is -2.31. The van der Waals surface area contributed by atoms with Crippen molar-refractivity contribution in [3.8, 4) is 5.75 Å². The third-order valence-corrected chi connectivity index (χ3v) is 7.81. The number of hydrogen-bond acceptors (Lipinski definition) is 9. The van der Waals surface area contributed by atoms with Gasteiger partial charge < -0.3 is 29.5 Å². The minimum absolute atomic E-state index is 0.0821. The molecule has 0 amide bonds. The number of aliphatic hydroxyl groups excluding tert-OH is 1. The maximum atomic E-state index is 13.7. The van der Waals surface area contributed by atoms with Gasteiger partial charge in [-0.05, 0) is 42.9 Å². The van der Waals surface area contributed by atoms with E-state index in [1.807, 2.05) is 12.1 Å². The molecule has 0 bridgehead atoms. The summed E-state index contributed by atoms with van der Waals surface area (Å²) < 4.78 is 48.4. The largest absolute Gasteiger partial charge is 0.491 e. The highest BCUT2D eigenvalue weighted by atomic mass is 19.4. The molecule has 1 saturated heterocycles. The van der Waals surface area contributed by atoms with Crippen molar-refractivity contribution in [2.45, 2.75) is 76.5 Å². The number of aliphatic carboxylic acids is 1. The van der Waals surface area contributed by atoms with Crippen LogP contribution < -0.4 is 9.64 Å². The fourth-order valence-corrected chi connectivity index (χ4v) is 5.32. The SMILES string of the molecule is CC(C)(C)c1cc(C(=O)CN2Cc3ccc(C4CC4)nc3C2=N)cc(N2CCC(O)C2)c1OC(OC(=O)C(F)(F)F)C(=O)O. The van der Waals surface area contributed by atoms with Gasteiger partial charge in [0.25, 0.3) is 0 Å². The van der Waals surface area contributed by atoms with Crippen LogP contribution in [0.2, 0.25) is 0 Å². The number of amidine groups is 1. The Morgan fingerprint density at radius 1 is 1.14 bits per heavy atom. The summed E-state index contributed by atoms with van der Waals surface area (Å²) in [5.74, 6) is -4.74. The molecule has 2 unspecified atom stereocenters. The Morgan fingerprint density at radius 3 is 2.41 bits per heavy atom. The summed E-state index contributed by atoms with van der Waals surface area (Å²) in [6.45, 7) is 5.72. The Kier molecular flexibility index (Phi) is 8.08. The number of rotatable bonds is 9. The number of esters is 1. The number of fused-ring (bicyclic) bond motifs is 1. The van der Waals surface area contributed by atoms with E-state index < -0.39 is 35.9 Å². The van der Waals surface area contributed by atoms with Gasteiger partial charge in [-0.15, -0.1) is 0 Å². The van der Waals surface area contributed by atoms with Crippen LogP contribution in [0.15, 0.2) is 24.3 Å². The lowest BCUT2D eigenvalue weighted by Crippen LogP contribution is -2.38. The van der Waals surface area contributed by atoms with E-state index >= 15 is 0 Å². The van der Waals surface area contributed by atoms with Crippen LogP contribution in [0.3, 0.4) is 0 Å². The molecule has 2 atom stereocenters. The predicted molar refractivity (Wildman–Crippen MR) is 150 cm³/mol. The zero-order valence-corrected chi connectivity index (χ0v) is 24.4. The zero-order chi connectivity index (χ0) is 32.1. The summed E-state index contributed by atoms with van der Waals surface area (Å²) >= 11 is 0. The molecule has 2 aliphatic heterocycles. The second kappa shape index (κ2) is 11.4. The fourth-order valence-electron chi connectivity index (χ4n) is 5.32. The number of nitrogens with zero attached hydrogens (tertiary/aromatic N) is 3. The van der Waals surface area contributed by atoms with Gasteiger partial charge in [0, 0.05) is 47.9 Å². The van der Waals surface area contributed by atoms with Gasteiger partial charge in [0.1, 0.15) is 11.5 Å². The summed E-state index contributed by atoms with van der Waals surface area (Å²) in [5, 5.41) is 28.5. The lowest BCUT2D eigenvalue weighted by atomic mass is 9.84. The number of ketones is 1. The second-order valence-electron chi connectivity index (χ2n) is 12.3. The van der Waals surface area contributed by atoms with Gasteiger partial charge in [-0.2, -0.15) is 13.2 Å². The number of hydrogen-bond donors (Lipinski definition) is 3. The van der Waals surface area contributed by atoms with Crippen molar-refractivity contribution in [3.63, 3.8) is 0 Å². The maximum Gasteiger partial charge on any atom is 0.491 e. The van der Waals surface area contributed by atoms with Crippen molar-refractivity contribution in [2.75, 3.05) is 24.5 Å². The minimum atomic E-state index is -5.46. The van der Waals surface area contributed by atoms with Crippen LogP contribution in [0.1, 0.15) is 78.8 Å². The number of aliphatic hydroxyl groups is 1. The van der Waals surface area contributed by atoms with Gasteiger partial charge in [0.15, 0.2) is 11.5 Å². The van der Waals surface area contributed by atoms with Gasteiger partial charge in [0.2, 0.25) is 0 Å². The lowest BCUT2D eigenvalue weighted by molar-refractivity contribution is -0.219. The second-order valence-corrected chi connectivity index (χ2v) is 12.3. The Labute approximate surface area is 251 Å². The number of β-amino-alcohol motifs (C(OH)–C–C–N with tert-alkyl or cyclic N) is 1. The molecular formula is C30H33F3N4O7. The van der Waals surface area contributed by atoms with Gasteiger partial charge in [-0.25, -0.2) is 14.6 Å². The number of anilines is 1. The number of aromatic nitrogens is 1. The quantitative estimate of drug-likeness (QED) is 0.215. The maximum absolute atomic E-state index is 13.7. The number of carbonyl (C=O) groups excluding carboxylic acids is 2. The summed E-state index contributed by atoms with van der Waals surface area (Å²) in [4.78, 5) is 45.0. The molecule has 1 aromatic heterocycles. The fraction of sp³-hybridized carbons (Fsp3) is 0.500. The van der Waals surface area contributed by atoms with Crippen LogP contribution in [0.5, 0.6) is 5.75 Å². The molecule has 2 aromatic rings.